The molecule has 0 atom stereocenters. The summed E-state index contributed by atoms with van der Waals surface area (Å²) in [5.41, 5.74) is 0. The molecule has 1 saturated heterocycles. The first-order valence-corrected chi connectivity index (χ1v) is 4.51. The predicted molar refractivity (Wildman–Crippen MR) is 39.9 cm³/mol. The lowest BCUT2D eigenvalue weighted by Crippen LogP contribution is -2.39. The Morgan fingerprint density at radius 1 is 0.909 bits per heavy atom. The van der Waals surface area contributed by atoms with Gasteiger partial charge in [-0.15, -0.1) is 0 Å². The van der Waals surface area contributed by atoms with Gasteiger partial charge in [-0.3, -0.25) is 9.11 Å². The monoisotopic (exact) mass is 184 g/mol. The van der Waals surface area contributed by atoms with Crippen LogP contribution in [0.5, 0.6) is 0 Å². The van der Waals surface area contributed by atoms with Crippen LogP contribution in [0, 0.1) is 0 Å². The molecule has 1 aliphatic rings. The van der Waals surface area contributed by atoms with Crippen molar-refractivity contribution in [1.29, 1.82) is 0 Å². The molecule has 0 spiro atoms. The third kappa shape index (κ3) is 17.7. The summed E-state index contributed by atoms with van der Waals surface area (Å²) in [4.78, 5) is 0. The van der Waals surface area contributed by atoms with Crippen molar-refractivity contribution in [2.24, 2.45) is 0 Å². The summed E-state index contributed by atoms with van der Waals surface area (Å²) >= 11 is 0. The standard InChI is InChI=1S/C4H10N2.H2O4S/c1-2-6-4-3-5-1;1-5(2,3)4/h5-6H,1-4H2;(H2,1,2,3,4). The highest BCUT2D eigenvalue weighted by Gasteiger charge is 1.91. The summed E-state index contributed by atoms with van der Waals surface area (Å²) in [6.07, 6.45) is 0. The molecule has 7 heteroatoms. The molecule has 1 fully saturated rings. The second-order valence-corrected chi connectivity index (χ2v) is 2.84. The Morgan fingerprint density at radius 3 is 1.18 bits per heavy atom. The van der Waals surface area contributed by atoms with Gasteiger partial charge in [0.05, 0.1) is 0 Å². The molecule has 68 valence electrons. The Labute approximate surface area is 65.6 Å². The Bertz CT molecular complexity index is 155. The fourth-order valence-electron chi connectivity index (χ4n) is 0.604. The quantitative estimate of drug-likeness (QED) is 0.343. The van der Waals surface area contributed by atoms with Crippen molar-refractivity contribution in [2.75, 3.05) is 26.2 Å². The lowest BCUT2D eigenvalue weighted by Gasteiger charge is -2.11. The van der Waals surface area contributed by atoms with Crippen LogP contribution >= 0.6 is 0 Å². The number of hydrogen-bond donors (Lipinski definition) is 4. The Kier molecular flexibility index (Phi) is 5.34. The molecule has 0 aromatic heterocycles. The number of piperazine rings is 1. The maximum Gasteiger partial charge on any atom is 0.394 e. The molecular weight excluding hydrogens is 172 g/mol. The molecule has 1 rings (SSSR count). The fourth-order valence-corrected chi connectivity index (χ4v) is 0.604. The molecule has 1 aliphatic heterocycles. The van der Waals surface area contributed by atoms with Crippen LogP contribution < -0.4 is 10.6 Å². The zero-order valence-electron chi connectivity index (χ0n) is 5.95. The summed E-state index contributed by atoms with van der Waals surface area (Å²) in [7, 11) is -4.67. The Morgan fingerprint density at radius 2 is 1.09 bits per heavy atom. The Hall–Kier alpha value is -0.210. The zero-order chi connectivity index (χ0) is 8.74. The highest BCUT2D eigenvalue weighted by atomic mass is 32.3. The highest BCUT2D eigenvalue weighted by Crippen LogP contribution is 1.65. The molecule has 0 aromatic rings. The van der Waals surface area contributed by atoms with Crippen LogP contribution in [0.1, 0.15) is 0 Å². The molecular formula is C4H12N2O4S. The van der Waals surface area contributed by atoms with Gasteiger partial charge in [0.15, 0.2) is 0 Å². The molecule has 0 radical (unpaired) electrons. The molecule has 0 aliphatic carbocycles. The smallest absolute Gasteiger partial charge is 0.314 e. The van der Waals surface area contributed by atoms with Crippen molar-refractivity contribution >= 4 is 10.4 Å². The van der Waals surface area contributed by atoms with Gasteiger partial charge in [0.2, 0.25) is 0 Å². The van der Waals surface area contributed by atoms with Gasteiger partial charge >= 0.3 is 10.4 Å². The van der Waals surface area contributed by atoms with Crippen molar-refractivity contribution in [2.45, 2.75) is 0 Å². The van der Waals surface area contributed by atoms with E-state index in [4.69, 9.17) is 17.5 Å². The lowest BCUT2D eigenvalue weighted by molar-refractivity contribution is 0.381. The summed E-state index contributed by atoms with van der Waals surface area (Å²) < 4.78 is 31.6. The van der Waals surface area contributed by atoms with Crippen LogP contribution in [0.4, 0.5) is 0 Å². The lowest BCUT2D eigenvalue weighted by atomic mass is 10.4. The van der Waals surface area contributed by atoms with E-state index in [0.717, 1.165) is 26.2 Å². The minimum Gasteiger partial charge on any atom is -0.314 e. The highest BCUT2D eigenvalue weighted by molar-refractivity contribution is 7.79. The fraction of sp³-hybridized carbons (Fsp3) is 1.00. The van der Waals surface area contributed by atoms with Gasteiger partial charge in [0.25, 0.3) is 0 Å². The van der Waals surface area contributed by atoms with Crippen LogP contribution in [0.25, 0.3) is 0 Å². The SMILES string of the molecule is C1CNCCN1.O=S(=O)(O)O. The topological polar surface area (TPSA) is 98.7 Å². The van der Waals surface area contributed by atoms with Crippen LogP contribution in [-0.4, -0.2) is 43.7 Å². The number of hydrogen-bond acceptors (Lipinski definition) is 4. The van der Waals surface area contributed by atoms with E-state index < -0.39 is 10.4 Å². The van der Waals surface area contributed by atoms with E-state index in [-0.39, 0.29) is 0 Å². The summed E-state index contributed by atoms with van der Waals surface area (Å²) in [6.45, 7) is 4.56. The third-order valence-corrected chi connectivity index (χ3v) is 0.957. The molecule has 6 nitrogen and oxygen atoms in total. The molecule has 0 amide bonds. The van der Waals surface area contributed by atoms with Crippen LogP contribution in [0.15, 0.2) is 0 Å². The van der Waals surface area contributed by atoms with Crippen molar-refractivity contribution in [1.82, 2.24) is 10.6 Å². The van der Waals surface area contributed by atoms with Gasteiger partial charge in [-0.25, -0.2) is 0 Å². The molecule has 0 saturated carbocycles. The van der Waals surface area contributed by atoms with Gasteiger partial charge in [0.1, 0.15) is 0 Å². The summed E-state index contributed by atoms with van der Waals surface area (Å²) in [5.74, 6) is 0. The van der Waals surface area contributed by atoms with Crippen molar-refractivity contribution in [3.05, 3.63) is 0 Å². The van der Waals surface area contributed by atoms with E-state index in [9.17, 15) is 0 Å². The minimum absolute atomic E-state index is 1.14. The summed E-state index contributed by atoms with van der Waals surface area (Å²) in [6, 6.07) is 0. The second kappa shape index (κ2) is 5.44. The largest absolute Gasteiger partial charge is 0.394 e. The van der Waals surface area contributed by atoms with Crippen molar-refractivity contribution < 1.29 is 17.5 Å². The van der Waals surface area contributed by atoms with Crippen LogP contribution in [-0.2, 0) is 10.4 Å². The van der Waals surface area contributed by atoms with Crippen LogP contribution in [0.3, 0.4) is 0 Å². The van der Waals surface area contributed by atoms with Gasteiger partial charge in [0, 0.05) is 26.2 Å². The van der Waals surface area contributed by atoms with Crippen molar-refractivity contribution in [3.63, 3.8) is 0 Å². The van der Waals surface area contributed by atoms with E-state index in [2.05, 4.69) is 10.6 Å². The average Bonchev–Trinajstić information content (AvgIpc) is 1.88. The van der Waals surface area contributed by atoms with Gasteiger partial charge in [-0.05, 0) is 0 Å². The summed E-state index contributed by atoms with van der Waals surface area (Å²) in [5, 5.41) is 6.44. The molecule has 11 heavy (non-hydrogen) atoms. The predicted octanol–water partition coefficient (Wildman–Crippen LogP) is -1.47. The second-order valence-electron chi connectivity index (χ2n) is 1.95. The van der Waals surface area contributed by atoms with Gasteiger partial charge in [-0.2, -0.15) is 8.42 Å². The van der Waals surface area contributed by atoms with Crippen molar-refractivity contribution in [3.8, 4) is 0 Å². The number of nitrogens with one attached hydrogen (secondary N) is 2. The maximum atomic E-state index is 8.74. The first-order chi connectivity index (χ1) is 5.00. The molecule has 4 N–H and O–H groups in total. The maximum absolute atomic E-state index is 8.74. The third-order valence-electron chi connectivity index (χ3n) is 0.957. The molecule has 1 heterocycles. The van der Waals surface area contributed by atoms with Gasteiger partial charge < -0.3 is 10.6 Å². The molecule has 0 unspecified atom stereocenters. The van der Waals surface area contributed by atoms with E-state index in [1.165, 1.54) is 0 Å². The first-order valence-electron chi connectivity index (χ1n) is 3.11. The number of rotatable bonds is 0. The average molecular weight is 184 g/mol. The minimum atomic E-state index is -4.67. The van der Waals surface area contributed by atoms with E-state index in [1.54, 1.807) is 0 Å². The normalized spacial score (nSPS) is 18.4. The first kappa shape index (κ1) is 10.8. The molecule has 0 aromatic carbocycles. The van der Waals surface area contributed by atoms with E-state index in [0.29, 0.717) is 0 Å². The van der Waals surface area contributed by atoms with E-state index in [1.807, 2.05) is 0 Å². The Balaban J connectivity index is 0.000000187. The van der Waals surface area contributed by atoms with Crippen LogP contribution in [0.2, 0.25) is 0 Å². The van der Waals surface area contributed by atoms with Gasteiger partial charge in [-0.1, -0.05) is 0 Å². The van der Waals surface area contributed by atoms with E-state index >= 15 is 0 Å². The zero-order valence-corrected chi connectivity index (χ0v) is 6.76. The molecule has 0 bridgehead atoms.